The summed E-state index contributed by atoms with van der Waals surface area (Å²) in [6.45, 7) is 4.42. The van der Waals surface area contributed by atoms with Gasteiger partial charge in [-0.2, -0.15) is 5.10 Å². The van der Waals surface area contributed by atoms with Crippen LogP contribution in [0.15, 0.2) is 12.4 Å². The maximum Gasteiger partial charge on any atom is 0.0518 e. The molecular weight excluding hydrogens is 186 g/mol. The summed E-state index contributed by atoms with van der Waals surface area (Å²) >= 11 is 0. The number of rotatable bonds is 3. The van der Waals surface area contributed by atoms with E-state index >= 15 is 0 Å². The van der Waals surface area contributed by atoms with Crippen molar-refractivity contribution in [3.05, 3.63) is 18.0 Å². The molecule has 0 aromatic carbocycles. The Labute approximate surface area is 92.1 Å². The zero-order valence-electron chi connectivity index (χ0n) is 9.82. The van der Waals surface area contributed by atoms with Gasteiger partial charge < -0.3 is 4.90 Å². The molecule has 0 amide bonds. The van der Waals surface area contributed by atoms with Gasteiger partial charge in [-0.15, -0.1) is 0 Å². The minimum Gasteiger partial charge on any atom is -0.303 e. The number of piperidine rings is 1. The molecule has 2 rings (SSSR count). The molecule has 2 heterocycles. The first-order chi connectivity index (χ1) is 7.25. The van der Waals surface area contributed by atoms with E-state index in [4.69, 9.17) is 0 Å². The first-order valence-electron chi connectivity index (χ1n) is 5.95. The number of aromatic nitrogens is 2. The van der Waals surface area contributed by atoms with Crippen LogP contribution in [0, 0.1) is 6.92 Å². The zero-order chi connectivity index (χ0) is 10.7. The Morgan fingerprint density at radius 2 is 2.33 bits per heavy atom. The van der Waals surface area contributed by atoms with E-state index in [2.05, 4.69) is 34.8 Å². The van der Waals surface area contributed by atoms with Gasteiger partial charge in [-0.25, -0.2) is 0 Å². The molecule has 0 saturated carbocycles. The van der Waals surface area contributed by atoms with Crippen molar-refractivity contribution in [1.29, 1.82) is 0 Å². The van der Waals surface area contributed by atoms with Crippen LogP contribution in [-0.4, -0.2) is 34.3 Å². The molecule has 0 spiro atoms. The van der Waals surface area contributed by atoms with Crippen molar-refractivity contribution in [2.24, 2.45) is 0 Å². The molecule has 1 aromatic rings. The smallest absolute Gasteiger partial charge is 0.0518 e. The second-order valence-electron chi connectivity index (χ2n) is 4.70. The van der Waals surface area contributed by atoms with Crippen LogP contribution in [0.25, 0.3) is 0 Å². The summed E-state index contributed by atoms with van der Waals surface area (Å²) < 4.78 is 2.07. The maximum atomic E-state index is 4.32. The molecule has 1 aliphatic heterocycles. The Kier molecular flexibility index (Phi) is 3.41. The number of likely N-dealkylation sites (tertiary alicyclic amines) is 1. The van der Waals surface area contributed by atoms with Crippen molar-refractivity contribution in [2.45, 2.75) is 45.2 Å². The largest absolute Gasteiger partial charge is 0.303 e. The Hall–Kier alpha value is -0.830. The van der Waals surface area contributed by atoms with Crippen LogP contribution < -0.4 is 0 Å². The van der Waals surface area contributed by atoms with E-state index in [-0.39, 0.29) is 0 Å². The minimum atomic E-state index is 0.767. The third-order valence-corrected chi connectivity index (χ3v) is 3.38. The van der Waals surface area contributed by atoms with Crippen molar-refractivity contribution in [1.82, 2.24) is 14.7 Å². The van der Waals surface area contributed by atoms with Crippen molar-refractivity contribution >= 4 is 0 Å². The average Bonchev–Trinajstić information content (AvgIpc) is 2.63. The second kappa shape index (κ2) is 4.79. The highest BCUT2D eigenvalue weighted by molar-refractivity contribution is 4.99. The van der Waals surface area contributed by atoms with Crippen LogP contribution in [-0.2, 0) is 6.54 Å². The fraction of sp³-hybridized carbons (Fsp3) is 0.750. The lowest BCUT2D eigenvalue weighted by Crippen LogP contribution is -2.36. The van der Waals surface area contributed by atoms with Crippen LogP contribution in [0.3, 0.4) is 0 Å². The molecule has 0 aliphatic carbocycles. The Morgan fingerprint density at radius 1 is 1.47 bits per heavy atom. The number of hydrogen-bond donors (Lipinski definition) is 0. The normalized spacial score (nSPS) is 23.2. The minimum absolute atomic E-state index is 0.767. The molecule has 1 atom stereocenters. The van der Waals surface area contributed by atoms with Crippen LogP contribution >= 0.6 is 0 Å². The van der Waals surface area contributed by atoms with Gasteiger partial charge in [0, 0.05) is 18.8 Å². The highest BCUT2D eigenvalue weighted by Gasteiger charge is 2.18. The Morgan fingerprint density at radius 3 is 3.00 bits per heavy atom. The van der Waals surface area contributed by atoms with Gasteiger partial charge in [0.1, 0.15) is 0 Å². The highest BCUT2D eigenvalue weighted by atomic mass is 15.3. The number of nitrogens with zero attached hydrogens (tertiary/aromatic N) is 3. The predicted octanol–water partition coefficient (Wildman–Crippen LogP) is 2.07. The van der Waals surface area contributed by atoms with E-state index in [9.17, 15) is 0 Å². The molecule has 3 heteroatoms. The second-order valence-corrected chi connectivity index (χ2v) is 4.70. The molecular formula is C12H21N3. The topological polar surface area (TPSA) is 21.1 Å². The Bertz CT molecular complexity index is 306. The molecule has 1 aliphatic rings. The van der Waals surface area contributed by atoms with Crippen LogP contribution in [0.1, 0.15) is 31.2 Å². The first kappa shape index (κ1) is 10.7. The summed E-state index contributed by atoms with van der Waals surface area (Å²) in [6, 6.07) is 0.767. The van der Waals surface area contributed by atoms with E-state index < -0.39 is 0 Å². The summed E-state index contributed by atoms with van der Waals surface area (Å²) in [6.07, 6.45) is 9.42. The van der Waals surface area contributed by atoms with E-state index in [1.807, 2.05) is 6.20 Å². The van der Waals surface area contributed by atoms with E-state index in [1.165, 1.54) is 37.8 Å². The van der Waals surface area contributed by atoms with Crippen molar-refractivity contribution in [3.8, 4) is 0 Å². The third-order valence-electron chi connectivity index (χ3n) is 3.38. The molecule has 1 fully saturated rings. The molecule has 3 nitrogen and oxygen atoms in total. The maximum absolute atomic E-state index is 4.32. The van der Waals surface area contributed by atoms with Gasteiger partial charge in [-0.05, 0) is 45.3 Å². The van der Waals surface area contributed by atoms with Gasteiger partial charge in [0.05, 0.1) is 6.20 Å². The standard InChI is InChI=1S/C12H21N3/c1-11-9-13-15(10-11)8-6-12-5-3-4-7-14(12)2/h9-10,12H,3-8H2,1-2H3/t12-/m1/s1. The van der Waals surface area contributed by atoms with Crippen molar-refractivity contribution < 1.29 is 0 Å². The van der Waals surface area contributed by atoms with Crippen molar-refractivity contribution in [3.63, 3.8) is 0 Å². The molecule has 0 unspecified atom stereocenters. The van der Waals surface area contributed by atoms with Gasteiger partial charge in [0.15, 0.2) is 0 Å². The van der Waals surface area contributed by atoms with Crippen LogP contribution in [0.4, 0.5) is 0 Å². The lowest BCUT2D eigenvalue weighted by Gasteiger charge is -2.32. The van der Waals surface area contributed by atoms with Gasteiger partial charge >= 0.3 is 0 Å². The quantitative estimate of drug-likeness (QED) is 0.756. The molecule has 1 aromatic heterocycles. The monoisotopic (exact) mass is 207 g/mol. The predicted molar refractivity (Wildman–Crippen MR) is 61.9 cm³/mol. The van der Waals surface area contributed by atoms with Gasteiger partial charge in [0.2, 0.25) is 0 Å². The van der Waals surface area contributed by atoms with E-state index in [0.717, 1.165) is 12.6 Å². The molecule has 0 bridgehead atoms. The summed E-state index contributed by atoms with van der Waals surface area (Å²) in [5, 5.41) is 4.32. The summed E-state index contributed by atoms with van der Waals surface area (Å²) in [4.78, 5) is 2.50. The highest BCUT2D eigenvalue weighted by Crippen LogP contribution is 2.18. The Balaban J connectivity index is 1.81. The summed E-state index contributed by atoms with van der Waals surface area (Å²) in [5.74, 6) is 0. The molecule has 84 valence electrons. The zero-order valence-corrected chi connectivity index (χ0v) is 9.82. The number of aryl methyl sites for hydroxylation is 2. The van der Waals surface area contributed by atoms with Crippen molar-refractivity contribution in [2.75, 3.05) is 13.6 Å². The van der Waals surface area contributed by atoms with Crippen LogP contribution in [0.5, 0.6) is 0 Å². The molecule has 15 heavy (non-hydrogen) atoms. The van der Waals surface area contributed by atoms with E-state index in [0.29, 0.717) is 0 Å². The lowest BCUT2D eigenvalue weighted by atomic mass is 10.0. The SMILES string of the molecule is Cc1cnn(CC[C@H]2CCCCN2C)c1. The van der Waals surface area contributed by atoms with Gasteiger partial charge in [-0.3, -0.25) is 4.68 Å². The average molecular weight is 207 g/mol. The molecule has 0 radical (unpaired) electrons. The van der Waals surface area contributed by atoms with Gasteiger partial charge in [0.25, 0.3) is 0 Å². The fourth-order valence-corrected chi connectivity index (χ4v) is 2.38. The molecule has 1 saturated heterocycles. The molecule has 0 N–H and O–H groups in total. The summed E-state index contributed by atoms with van der Waals surface area (Å²) in [5.41, 5.74) is 1.26. The van der Waals surface area contributed by atoms with Gasteiger partial charge in [-0.1, -0.05) is 6.42 Å². The fourth-order valence-electron chi connectivity index (χ4n) is 2.38. The van der Waals surface area contributed by atoms with E-state index in [1.54, 1.807) is 0 Å². The number of hydrogen-bond acceptors (Lipinski definition) is 2. The first-order valence-corrected chi connectivity index (χ1v) is 5.95. The third kappa shape index (κ3) is 2.81. The van der Waals surface area contributed by atoms with Crippen LogP contribution in [0.2, 0.25) is 0 Å². The summed E-state index contributed by atoms with van der Waals surface area (Å²) in [7, 11) is 2.25. The lowest BCUT2D eigenvalue weighted by molar-refractivity contribution is 0.169.